The molecule has 0 bridgehead atoms. The summed E-state index contributed by atoms with van der Waals surface area (Å²) in [6, 6.07) is 16.3. The highest BCUT2D eigenvalue weighted by Gasteiger charge is 2.17. The molecule has 0 saturated carbocycles. The van der Waals surface area contributed by atoms with Crippen molar-refractivity contribution in [3.8, 4) is 0 Å². The first kappa shape index (κ1) is 18.9. The maximum atomic E-state index is 12.8. The largest absolute Gasteiger partial charge is 0.379 e. The summed E-state index contributed by atoms with van der Waals surface area (Å²) in [7, 11) is -3.68. The minimum absolute atomic E-state index is 0.236. The van der Waals surface area contributed by atoms with Crippen LogP contribution >= 0.6 is 0 Å². The summed E-state index contributed by atoms with van der Waals surface area (Å²) in [6.45, 7) is 5.86. The number of hydrogen-bond acceptors (Lipinski definition) is 5. The molecule has 6 nitrogen and oxygen atoms in total. The molecular weight excluding hydrogens is 374 g/mol. The van der Waals surface area contributed by atoms with Gasteiger partial charge in [-0.05, 0) is 31.2 Å². The van der Waals surface area contributed by atoms with E-state index in [1.807, 2.05) is 31.2 Å². The van der Waals surface area contributed by atoms with E-state index in [0.717, 1.165) is 49.5 Å². The van der Waals surface area contributed by atoms with Crippen molar-refractivity contribution in [3.05, 3.63) is 65.9 Å². The van der Waals surface area contributed by atoms with E-state index in [-0.39, 0.29) is 4.90 Å². The molecular formula is C21H23N3O3S. The first-order chi connectivity index (χ1) is 13.5. The van der Waals surface area contributed by atoms with Crippen LogP contribution in [0.2, 0.25) is 0 Å². The zero-order valence-electron chi connectivity index (χ0n) is 15.8. The maximum absolute atomic E-state index is 12.8. The van der Waals surface area contributed by atoms with Gasteiger partial charge in [0.2, 0.25) is 0 Å². The second-order valence-corrected chi connectivity index (χ2v) is 8.67. The lowest BCUT2D eigenvalue weighted by Crippen LogP contribution is -2.35. The molecule has 0 aliphatic carbocycles. The van der Waals surface area contributed by atoms with Crippen molar-refractivity contribution in [3.63, 3.8) is 0 Å². The second-order valence-electron chi connectivity index (χ2n) is 6.99. The van der Waals surface area contributed by atoms with E-state index in [2.05, 4.69) is 9.62 Å². The minimum atomic E-state index is -3.68. The fourth-order valence-electron chi connectivity index (χ4n) is 3.27. The summed E-state index contributed by atoms with van der Waals surface area (Å²) in [5.41, 5.74) is 3.07. The number of sulfonamides is 1. The lowest BCUT2D eigenvalue weighted by Gasteiger charge is -2.26. The summed E-state index contributed by atoms with van der Waals surface area (Å²) in [6.07, 6.45) is 0. The normalized spacial score (nSPS) is 15.6. The molecule has 1 aromatic heterocycles. The van der Waals surface area contributed by atoms with Crippen molar-refractivity contribution in [2.45, 2.75) is 18.4 Å². The van der Waals surface area contributed by atoms with Gasteiger partial charge in [-0.3, -0.25) is 9.62 Å². The van der Waals surface area contributed by atoms with E-state index in [0.29, 0.717) is 11.2 Å². The molecule has 0 atom stereocenters. The van der Waals surface area contributed by atoms with Crippen LogP contribution in [0.1, 0.15) is 11.3 Å². The molecule has 1 N–H and O–H groups in total. The molecule has 1 aliphatic heterocycles. The van der Waals surface area contributed by atoms with E-state index in [1.54, 1.807) is 30.3 Å². The Morgan fingerprint density at radius 3 is 2.54 bits per heavy atom. The number of para-hydroxylation sites is 1. The highest BCUT2D eigenvalue weighted by Crippen LogP contribution is 2.25. The molecule has 2 aromatic carbocycles. The van der Waals surface area contributed by atoms with Crippen LogP contribution in [-0.4, -0.2) is 44.6 Å². The highest BCUT2D eigenvalue weighted by molar-refractivity contribution is 7.92. The summed E-state index contributed by atoms with van der Waals surface area (Å²) in [4.78, 5) is 7.28. The standard InChI is InChI=1S/C21H23N3O3S/c1-16-5-9-19(10-6-16)28(25,26)23-20-4-2-3-17-7-8-18(22-21(17)20)15-24-11-13-27-14-12-24/h2-10,23H,11-15H2,1H3. The van der Waals surface area contributed by atoms with E-state index in [4.69, 9.17) is 9.72 Å². The zero-order valence-corrected chi connectivity index (χ0v) is 16.6. The molecule has 2 heterocycles. The number of ether oxygens (including phenoxy) is 1. The Morgan fingerprint density at radius 1 is 1.04 bits per heavy atom. The van der Waals surface area contributed by atoms with Crippen LogP contribution in [0.4, 0.5) is 5.69 Å². The van der Waals surface area contributed by atoms with Gasteiger partial charge in [0.1, 0.15) is 0 Å². The molecule has 0 spiro atoms. The van der Waals surface area contributed by atoms with Crippen LogP contribution in [0.25, 0.3) is 10.9 Å². The molecule has 1 fully saturated rings. The van der Waals surface area contributed by atoms with Gasteiger partial charge in [0, 0.05) is 25.0 Å². The molecule has 4 rings (SSSR count). The van der Waals surface area contributed by atoms with Gasteiger partial charge < -0.3 is 4.74 Å². The molecule has 146 valence electrons. The first-order valence-corrected chi connectivity index (χ1v) is 10.8. The van der Waals surface area contributed by atoms with Crippen LogP contribution in [-0.2, 0) is 21.3 Å². The summed E-state index contributed by atoms with van der Waals surface area (Å²) in [5.74, 6) is 0. The van der Waals surface area contributed by atoms with Gasteiger partial charge in [-0.25, -0.2) is 13.4 Å². The number of hydrogen-bond donors (Lipinski definition) is 1. The molecule has 1 aliphatic rings. The van der Waals surface area contributed by atoms with Gasteiger partial charge in [0.05, 0.1) is 35.0 Å². The summed E-state index contributed by atoms with van der Waals surface area (Å²) < 4.78 is 33.7. The maximum Gasteiger partial charge on any atom is 0.261 e. The fourth-order valence-corrected chi connectivity index (χ4v) is 4.33. The number of aryl methyl sites for hydroxylation is 1. The van der Waals surface area contributed by atoms with Crippen LogP contribution in [0.3, 0.4) is 0 Å². The third kappa shape index (κ3) is 4.16. The molecule has 0 amide bonds. The Bertz CT molecular complexity index is 1080. The molecule has 28 heavy (non-hydrogen) atoms. The van der Waals surface area contributed by atoms with Crippen molar-refractivity contribution in [1.82, 2.24) is 9.88 Å². The van der Waals surface area contributed by atoms with Crippen LogP contribution in [0.5, 0.6) is 0 Å². The number of morpholine rings is 1. The van der Waals surface area contributed by atoms with Crippen molar-refractivity contribution >= 4 is 26.6 Å². The van der Waals surface area contributed by atoms with E-state index in [1.165, 1.54) is 0 Å². The number of fused-ring (bicyclic) bond motifs is 1. The quantitative estimate of drug-likeness (QED) is 0.716. The monoisotopic (exact) mass is 397 g/mol. The van der Waals surface area contributed by atoms with Crippen molar-refractivity contribution in [2.75, 3.05) is 31.0 Å². The molecule has 3 aromatic rings. The third-order valence-electron chi connectivity index (χ3n) is 4.84. The summed E-state index contributed by atoms with van der Waals surface area (Å²) >= 11 is 0. The van der Waals surface area contributed by atoms with Crippen molar-refractivity contribution in [2.24, 2.45) is 0 Å². The number of rotatable bonds is 5. The van der Waals surface area contributed by atoms with Gasteiger partial charge in [-0.2, -0.15) is 0 Å². The highest BCUT2D eigenvalue weighted by atomic mass is 32.2. The van der Waals surface area contributed by atoms with E-state index in [9.17, 15) is 8.42 Å². The lowest BCUT2D eigenvalue weighted by atomic mass is 10.1. The second kappa shape index (κ2) is 7.87. The average molecular weight is 398 g/mol. The smallest absolute Gasteiger partial charge is 0.261 e. The average Bonchev–Trinajstić information content (AvgIpc) is 2.69. The predicted molar refractivity (Wildman–Crippen MR) is 110 cm³/mol. The SMILES string of the molecule is Cc1ccc(S(=O)(=O)Nc2cccc3ccc(CN4CCOCC4)nc23)cc1. The Kier molecular flexibility index (Phi) is 5.30. The van der Waals surface area contributed by atoms with Gasteiger partial charge >= 0.3 is 0 Å². The third-order valence-corrected chi connectivity index (χ3v) is 6.22. The van der Waals surface area contributed by atoms with Gasteiger partial charge in [-0.1, -0.05) is 35.9 Å². The fraction of sp³-hybridized carbons (Fsp3) is 0.286. The van der Waals surface area contributed by atoms with Gasteiger partial charge in [0.25, 0.3) is 10.0 Å². The number of nitrogens with zero attached hydrogens (tertiary/aromatic N) is 2. The number of benzene rings is 2. The predicted octanol–water partition coefficient (Wildman–Crippen LogP) is 3.18. The van der Waals surface area contributed by atoms with Crippen LogP contribution < -0.4 is 4.72 Å². The van der Waals surface area contributed by atoms with Crippen molar-refractivity contribution < 1.29 is 13.2 Å². The molecule has 0 radical (unpaired) electrons. The lowest BCUT2D eigenvalue weighted by molar-refractivity contribution is 0.0337. The zero-order chi connectivity index (χ0) is 19.6. The van der Waals surface area contributed by atoms with Gasteiger partial charge in [0.15, 0.2) is 0 Å². The topological polar surface area (TPSA) is 71.5 Å². The molecule has 1 saturated heterocycles. The number of anilines is 1. The number of nitrogens with one attached hydrogen (secondary N) is 1. The molecule has 0 unspecified atom stereocenters. The minimum Gasteiger partial charge on any atom is -0.379 e. The van der Waals surface area contributed by atoms with Crippen molar-refractivity contribution in [1.29, 1.82) is 0 Å². The Balaban J connectivity index is 1.64. The first-order valence-electron chi connectivity index (χ1n) is 9.29. The number of pyridine rings is 1. The van der Waals surface area contributed by atoms with Crippen LogP contribution in [0.15, 0.2) is 59.5 Å². The Hall–Kier alpha value is -2.48. The van der Waals surface area contributed by atoms with E-state index >= 15 is 0 Å². The Labute approximate surface area is 165 Å². The summed E-state index contributed by atoms with van der Waals surface area (Å²) in [5, 5.41) is 0.898. The molecule has 7 heteroatoms. The van der Waals surface area contributed by atoms with Crippen LogP contribution in [0, 0.1) is 6.92 Å². The van der Waals surface area contributed by atoms with Gasteiger partial charge in [-0.15, -0.1) is 0 Å². The van der Waals surface area contributed by atoms with E-state index < -0.39 is 10.0 Å². The number of aromatic nitrogens is 1. The Morgan fingerprint density at radius 2 is 1.79 bits per heavy atom.